The van der Waals surface area contributed by atoms with E-state index in [0.717, 1.165) is 11.2 Å². The van der Waals surface area contributed by atoms with E-state index in [4.69, 9.17) is 10.00 Å². The first-order valence-electron chi connectivity index (χ1n) is 6.34. The third kappa shape index (κ3) is 2.78. The highest BCUT2D eigenvalue weighted by Gasteiger charge is 2.21. The molecule has 20 heavy (non-hydrogen) atoms. The van der Waals surface area contributed by atoms with Gasteiger partial charge in [0.25, 0.3) is 0 Å². The van der Waals surface area contributed by atoms with Crippen LogP contribution in [-0.4, -0.2) is 27.9 Å². The first kappa shape index (κ1) is 14.4. The minimum absolute atomic E-state index is 0.324. The van der Waals surface area contributed by atoms with Crippen molar-refractivity contribution >= 4 is 23.2 Å². The van der Waals surface area contributed by atoms with E-state index in [9.17, 15) is 4.79 Å². The molecule has 0 radical (unpaired) electrons. The monoisotopic (exact) mass is 289 g/mol. The minimum atomic E-state index is -0.368. The molecule has 5 nitrogen and oxygen atoms in total. The molecule has 0 aliphatic carbocycles. The maximum atomic E-state index is 12.1. The molecule has 0 bridgehead atoms. The Labute approximate surface area is 121 Å². The largest absolute Gasteiger partial charge is 0.462 e. The number of fused-ring (bicyclic) bond motifs is 1. The summed E-state index contributed by atoms with van der Waals surface area (Å²) in [7, 11) is 0. The third-order valence-corrected chi connectivity index (χ3v) is 3.71. The number of carbonyl (C=O) groups is 1. The smallest absolute Gasteiger partial charge is 0.343 e. The van der Waals surface area contributed by atoms with Gasteiger partial charge in [-0.15, -0.1) is 11.8 Å². The number of nitriles is 1. The summed E-state index contributed by atoms with van der Waals surface area (Å²) in [6.45, 7) is 4.03. The standard InChI is InChI=1S/C14H15N3O2S/c1-3-19-14(18)12-11-7-4-6-10(2)17(11)16-13(12)20-9-5-8-15/h4,6-7H,3,5,9H2,1-2H3. The molecule has 0 saturated heterocycles. The van der Waals surface area contributed by atoms with Gasteiger partial charge in [0.1, 0.15) is 10.6 Å². The Bertz CT molecular complexity index is 673. The second-order valence-corrected chi connectivity index (χ2v) is 5.21. The summed E-state index contributed by atoms with van der Waals surface area (Å²) < 4.78 is 6.85. The summed E-state index contributed by atoms with van der Waals surface area (Å²) in [5.74, 6) is 0.235. The van der Waals surface area contributed by atoms with Crippen LogP contribution >= 0.6 is 11.8 Å². The van der Waals surface area contributed by atoms with Gasteiger partial charge in [0.05, 0.1) is 18.2 Å². The zero-order valence-corrected chi connectivity index (χ0v) is 12.2. The van der Waals surface area contributed by atoms with Crippen LogP contribution in [0.15, 0.2) is 23.2 Å². The number of esters is 1. The molecule has 104 valence electrons. The lowest BCUT2D eigenvalue weighted by atomic mass is 10.2. The van der Waals surface area contributed by atoms with Crippen LogP contribution in [0.5, 0.6) is 0 Å². The van der Waals surface area contributed by atoms with Crippen LogP contribution in [0.4, 0.5) is 0 Å². The molecular weight excluding hydrogens is 274 g/mol. The summed E-state index contributed by atoms with van der Waals surface area (Å²) >= 11 is 1.40. The maximum absolute atomic E-state index is 12.1. The summed E-state index contributed by atoms with van der Waals surface area (Å²) in [6, 6.07) is 7.75. The number of pyridine rings is 1. The molecule has 0 aliphatic heterocycles. The minimum Gasteiger partial charge on any atom is -0.462 e. The van der Waals surface area contributed by atoms with Gasteiger partial charge in [-0.2, -0.15) is 10.4 Å². The average Bonchev–Trinajstić information content (AvgIpc) is 2.79. The van der Waals surface area contributed by atoms with Crippen LogP contribution in [0.1, 0.15) is 29.4 Å². The summed E-state index contributed by atoms with van der Waals surface area (Å²) in [5, 5.41) is 13.7. The number of thioether (sulfide) groups is 1. The van der Waals surface area contributed by atoms with Crippen molar-refractivity contribution in [3.8, 4) is 6.07 Å². The molecule has 2 rings (SSSR count). The molecule has 2 aromatic rings. The molecule has 0 aliphatic rings. The van der Waals surface area contributed by atoms with Gasteiger partial charge in [-0.3, -0.25) is 0 Å². The molecule has 0 atom stereocenters. The van der Waals surface area contributed by atoms with Crippen LogP contribution < -0.4 is 0 Å². The van der Waals surface area contributed by atoms with Crippen molar-refractivity contribution in [2.24, 2.45) is 0 Å². The van der Waals surface area contributed by atoms with Crippen molar-refractivity contribution in [2.75, 3.05) is 12.4 Å². The van der Waals surface area contributed by atoms with Crippen LogP contribution in [-0.2, 0) is 4.74 Å². The summed E-state index contributed by atoms with van der Waals surface area (Å²) in [5.41, 5.74) is 2.17. The second kappa shape index (κ2) is 6.44. The number of aromatic nitrogens is 2. The van der Waals surface area contributed by atoms with Crippen molar-refractivity contribution in [3.63, 3.8) is 0 Å². The number of ether oxygens (including phenoxy) is 1. The normalized spacial score (nSPS) is 10.4. The van der Waals surface area contributed by atoms with Crippen LogP contribution in [0.2, 0.25) is 0 Å². The molecule has 0 spiro atoms. The van der Waals surface area contributed by atoms with Crippen LogP contribution in [0.25, 0.3) is 5.52 Å². The molecule has 2 aromatic heterocycles. The van der Waals surface area contributed by atoms with E-state index in [1.807, 2.05) is 25.1 Å². The van der Waals surface area contributed by atoms with E-state index >= 15 is 0 Å². The van der Waals surface area contributed by atoms with E-state index in [0.29, 0.717) is 29.4 Å². The van der Waals surface area contributed by atoms with E-state index in [2.05, 4.69) is 11.2 Å². The van der Waals surface area contributed by atoms with E-state index < -0.39 is 0 Å². The predicted molar refractivity (Wildman–Crippen MR) is 76.8 cm³/mol. The maximum Gasteiger partial charge on any atom is 0.343 e. The van der Waals surface area contributed by atoms with Crippen LogP contribution in [0.3, 0.4) is 0 Å². The zero-order valence-electron chi connectivity index (χ0n) is 11.4. The Morgan fingerprint density at radius 3 is 3.05 bits per heavy atom. The molecule has 0 unspecified atom stereocenters. The molecule has 0 saturated carbocycles. The fourth-order valence-electron chi connectivity index (χ4n) is 1.87. The summed E-state index contributed by atoms with van der Waals surface area (Å²) in [4.78, 5) is 12.1. The van der Waals surface area contributed by atoms with Gasteiger partial charge in [0.15, 0.2) is 0 Å². The molecule has 0 fully saturated rings. The Morgan fingerprint density at radius 2 is 2.35 bits per heavy atom. The number of hydrogen-bond acceptors (Lipinski definition) is 5. The highest BCUT2D eigenvalue weighted by molar-refractivity contribution is 7.99. The molecule has 0 aromatic carbocycles. The number of hydrogen-bond donors (Lipinski definition) is 0. The second-order valence-electron chi connectivity index (χ2n) is 4.12. The van der Waals surface area contributed by atoms with Crippen LogP contribution in [0, 0.1) is 18.3 Å². The first-order chi connectivity index (χ1) is 9.69. The molecule has 2 heterocycles. The van der Waals surface area contributed by atoms with E-state index in [1.54, 1.807) is 11.4 Å². The Hall–Kier alpha value is -2.00. The first-order valence-corrected chi connectivity index (χ1v) is 7.32. The highest BCUT2D eigenvalue weighted by Crippen LogP contribution is 2.27. The Kier molecular flexibility index (Phi) is 4.64. The Morgan fingerprint density at radius 1 is 1.55 bits per heavy atom. The van der Waals surface area contributed by atoms with Gasteiger partial charge >= 0.3 is 5.97 Å². The van der Waals surface area contributed by atoms with Crippen molar-refractivity contribution < 1.29 is 9.53 Å². The van der Waals surface area contributed by atoms with Crippen molar-refractivity contribution in [1.29, 1.82) is 5.26 Å². The zero-order chi connectivity index (χ0) is 14.5. The number of rotatable bonds is 5. The highest BCUT2D eigenvalue weighted by atomic mass is 32.2. The van der Waals surface area contributed by atoms with Gasteiger partial charge in [-0.05, 0) is 26.0 Å². The summed E-state index contributed by atoms with van der Waals surface area (Å²) in [6.07, 6.45) is 0.416. The molecule has 6 heteroatoms. The molecule has 0 N–H and O–H groups in total. The van der Waals surface area contributed by atoms with E-state index in [-0.39, 0.29) is 5.97 Å². The number of nitrogens with zero attached hydrogens (tertiary/aromatic N) is 3. The van der Waals surface area contributed by atoms with Gasteiger partial charge in [0, 0.05) is 17.9 Å². The van der Waals surface area contributed by atoms with Gasteiger partial charge in [0.2, 0.25) is 0 Å². The van der Waals surface area contributed by atoms with Gasteiger partial charge in [-0.1, -0.05) is 6.07 Å². The van der Waals surface area contributed by atoms with Gasteiger partial charge in [-0.25, -0.2) is 9.31 Å². The van der Waals surface area contributed by atoms with Gasteiger partial charge < -0.3 is 4.74 Å². The lowest BCUT2D eigenvalue weighted by Crippen LogP contribution is -2.05. The molecular formula is C14H15N3O2S. The topological polar surface area (TPSA) is 67.4 Å². The number of carbonyl (C=O) groups excluding carboxylic acids is 1. The third-order valence-electron chi connectivity index (χ3n) is 2.75. The predicted octanol–water partition coefficient (Wildman–Crippen LogP) is 2.83. The Balaban J connectivity index is 2.48. The average molecular weight is 289 g/mol. The van der Waals surface area contributed by atoms with E-state index in [1.165, 1.54) is 11.8 Å². The lowest BCUT2D eigenvalue weighted by molar-refractivity contribution is 0.0524. The fraction of sp³-hybridized carbons (Fsp3) is 0.357. The van der Waals surface area contributed by atoms with Crippen molar-refractivity contribution in [1.82, 2.24) is 9.61 Å². The fourth-order valence-corrected chi connectivity index (χ4v) is 2.73. The van der Waals surface area contributed by atoms with Crippen molar-refractivity contribution in [2.45, 2.75) is 25.3 Å². The lowest BCUT2D eigenvalue weighted by Gasteiger charge is -2.02. The number of aryl methyl sites for hydroxylation is 1. The van der Waals surface area contributed by atoms with Crippen molar-refractivity contribution in [3.05, 3.63) is 29.5 Å². The quantitative estimate of drug-likeness (QED) is 0.481. The SMILES string of the molecule is CCOC(=O)c1c(SCCC#N)nn2c(C)cccc12. The molecule has 0 amide bonds.